The zero-order valence-electron chi connectivity index (χ0n) is 19.3. The lowest BCUT2D eigenvalue weighted by Crippen LogP contribution is -2.41. The van der Waals surface area contributed by atoms with Crippen molar-refractivity contribution >= 4 is 29.4 Å². The molecule has 2 fully saturated rings. The van der Waals surface area contributed by atoms with Crippen LogP contribution in [-0.4, -0.2) is 46.1 Å². The molecule has 0 aromatic carbocycles. The van der Waals surface area contributed by atoms with Gasteiger partial charge in [0, 0.05) is 30.9 Å². The molecule has 10 nitrogen and oxygen atoms in total. The van der Waals surface area contributed by atoms with E-state index in [1.807, 2.05) is 12.1 Å². The Kier molecular flexibility index (Phi) is 7.46. The van der Waals surface area contributed by atoms with Crippen LogP contribution in [0.2, 0.25) is 0 Å². The van der Waals surface area contributed by atoms with Crippen molar-refractivity contribution in [3.63, 3.8) is 0 Å². The van der Waals surface area contributed by atoms with Gasteiger partial charge in [-0.15, -0.1) is 0 Å². The van der Waals surface area contributed by atoms with E-state index in [1.165, 1.54) is 19.0 Å². The van der Waals surface area contributed by atoms with E-state index in [9.17, 15) is 9.59 Å². The average molecular weight is 463 g/mol. The lowest BCUT2D eigenvalue weighted by molar-refractivity contribution is -0.118. The Balaban J connectivity index is 1.57. The van der Waals surface area contributed by atoms with Crippen molar-refractivity contribution in [3.05, 3.63) is 53.6 Å². The van der Waals surface area contributed by atoms with Crippen LogP contribution in [0.1, 0.15) is 67.0 Å². The summed E-state index contributed by atoms with van der Waals surface area (Å²) < 4.78 is 0. The van der Waals surface area contributed by atoms with Crippen LogP contribution >= 0.6 is 0 Å². The molecule has 2 saturated carbocycles. The summed E-state index contributed by atoms with van der Waals surface area (Å²) >= 11 is 0. The minimum atomic E-state index is -0.495. The number of aromatic nitrogens is 3. The van der Waals surface area contributed by atoms with Gasteiger partial charge in [-0.25, -0.2) is 15.0 Å². The van der Waals surface area contributed by atoms with E-state index in [1.54, 1.807) is 19.4 Å². The quantitative estimate of drug-likeness (QED) is 0.348. The Labute approximate surface area is 198 Å². The van der Waals surface area contributed by atoms with Gasteiger partial charge in [-0.05, 0) is 37.8 Å². The van der Waals surface area contributed by atoms with E-state index in [4.69, 9.17) is 5.73 Å². The van der Waals surface area contributed by atoms with Crippen LogP contribution in [-0.2, 0) is 4.79 Å². The second-order valence-corrected chi connectivity index (χ2v) is 8.64. The van der Waals surface area contributed by atoms with Gasteiger partial charge in [0.05, 0.1) is 29.5 Å². The molecule has 2 aliphatic carbocycles. The van der Waals surface area contributed by atoms with Gasteiger partial charge in [0.1, 0.15) is 12.0 Å². The molecule has 5 N–H and O–H groups in total. The van der Waals surface area contributed by atoms with Gasteiger partial charge in [-0.3, -0.25) is 14.6 Å². The van der Waals surface area contributed by atoms with Crippen molar-refractivity contribution in [2.24, 2.45) is 10.7 Å². The number of carbonyl (C=O) groups excluding carboxylic acids is 2. The molecule has 0 aliphatic heterocycles. The number of nitrogens with two attached hydrogens (primary N) is 1. The Bertz CT molecular complexity index is 1090. The maximum atomic E-state index is 13.3. The standard InChI is InChI=1S/C24H30N8O2/c1-26-13-20(21(25)23(33)30-16-5-3-2-4-6-16)32-24(34)22-19(29-17-11-27-14-28-12-17)10-9-18(31-22)15-7-8-15/h9-16,29H,2-8,25H2,1H3,(H,30,33)(H,32,34). The van der Waals surface area contributed by atoms with Gasteiger partial charge in [0.2, 0.25) is 0 Å². The summed E-state index contributed by atoms with van der Waals surface area (Å²) in [5.74, 6) is -0.550. The lowest BCUT2D eigenvalue weighted by atomic mass is 9.95. The number of nitrogens with one attached hydrogen (secondary N) is 3. The molecule has 2 aromatic heterocycles. The summed E-state index contributed by atoms with van der Waals surface area (Å²) in [6.45, 7) is 0. The Morgan fingerprint density at radius 1 is 1.09 bits per heavy atom. The van der Waals surface area contributed by atoms with Gasteiger partial charge in [0.15, 0.2) is 5.69 Å². The predicted molar refractivity (Wildman–Crippen MR) is 130 cm³/mol. The summed E-state index contributed by atoms with van der Waals surface area (Å²) in [7, 11) is 1.55. The van der Waals surface area contributed by atoms with Crippen LogP contribution in [0.3, 0.4) is 0 Å². The Morgan fingerprint density at radius 2 is 1.82 bits per heavy atom. The number of allylic oxidation sites excluding steroid dienone is 1. The summed E-state index contributed by atoms with van der Waals surface area (Å²) in [6, 6.07) is 3.83. The molecular formula is C24H30N8O2. The second-order valence-electron chi connectivity index (χ2n) is 8.64. The van der Waals surface area contributed by atoms with Crippen molar-refractivity contribution in [1.29, 1.82) is 0 Å². The molecule has 10 heteroatoms. The third-order valence-corrected chi connectivity index (χ3v) is 5.95. The third kappa shape index (κ3) is 5.94. The first-order valence-corrected chi connectivity index (χ1v) is 11.6. The smallest absolute Gasteiger partial charge is 0.276 e. The fourth-order valence-corrected chi connectivity index (χ4v) is 3.99. The van der Waals surface area contributed by atoms with Crippen LogP contribution in [0, 0.1) is 0 Å². The first-order valence-electron chi connectivity index (χ1n) is 11.6. The number of pyridine rings is 1. The lowest BCUT2D eigenvalue weighted by Gasteiger charge is -2.23. The highest BCUT2D eigenvalue weighted by Gasteiger charge is 2.27. The summed E-state index contributed by atoms with van der Waals surface area (Å²) in [5, 5.41) is 8.85. The van der Waals surface area contributed by atoms with E-state index >= 15 is 0 Å². The number of hydrogen-bond donors (Lipinski definition) is 4. The summed E-state index contributed by atoms with van der Waals surface area (Å²) in [5.41, 5.74) is 8.36. The third-order valence-electron chi connectivity index (χ3n) is 5.95. The minimum Gasteiger partial charge on any atom is -0.393 e. The number of hydrogen-bond acceptors (Lipinski definition) is 8. The number of anilines is 2. The van der Waals surface area contributed by atoms with Crippen LogP contribution in [0.5, 0.6) is 0 Å². The van der Waals surface area contributed by atoms with Gasteiger partial charge < -0.3 is 21.7 Å². The van der Waals surface area contributed by atoms with Crippen LogP contribution < -0.4 is 21.7 Å². The van der Waals surface area contributed by atoms with E-state index in [0.717, 1.165) is 44.2 Å². The number of rotatable bonds is 8. The number of carbonyl (C=O) groups is 2. The van der Waals surface area contributed by atoms with Gasteiger partial charge >= 0.3 is 0 Å². The molecule has 34 heavy (non-hydrogen) atoms. The zero-order chi connectivity index (χ0) is 23.9. The Morgan fingerprint density at radius 3 is 2.50 bits per heavy atom. The normalized spacial score (nSPS) is 17.2. The number of amides is 2. The first kappa shape index (κ1) is 23.3. The monoisotopic (exact) mass is 462 g/mol. The van der Waals surface area contributed by atoms with Gasteiger partial charge in [0.25, 0.3) is 11.8 Å². The molecule has 0 spiro atoms. The van der Waals surface area contributed by atoms with Crippen molar-refractivity contribution in [1.82, 2.24) is 25.6 Å². The minimum absolute atomic E-state index is 0.0890. The molecule has 0 atom stereocenters. The van der Waals surface area contributed by atoms with E-state index in [2.05, 4.69) is 35.9 Å². The SMILES string of the molecule is CN=CC(NC(=O)c1nc(C2CC2)ccc1Nc1cncnc1)=C(N)C(=O)NC1CCCCC1. The molecule has 2 amide bonds. The van der Waals surface area contributed by atoms with Crippen molar-refractivity contribution < 1.29 is 9.59 Å². The topological polar surface area (TPSA) is 147 Å². The van der Waals surface area contributed by atoms with Crippen molar-refractivity contribution in [2.75, 3.05) is 12.4 Å². The molecular weight excluding hydrogens is 432 g/mol. The average Bonchev–Trinajstić information content (AvgIpc) is 3.70. The van der Waals surface area contributed by atoms with Crippen LogP contribution in [0.15, 0.2) is 47.2 Å². The summed E-state index contributed by atoms with van der Waals surface area (Å²) in [4.78, 5) is 42.7. The predicted octanol–water partition coefficient (Wildman–Crippen LogP) is 2.54. The van der Waals surface area contributed by atoms with Gasteiger partial charge in [-0.1, -0.05) is 19.3 Å². The van der Waals surface area contributed by atoms with E-state index < -0.39 is 11.8 Å². The van der Waals surface area contributed by atoms with Crippen LogP contribution in [0.4, 0.5) is 11.4 Å². The maximum Gasteiger partial charge on any atom is 0.276 e. The zero-order valence-corrected chi connectivity index (χ0v) is 19.3. The maximum absolute atomic E-state index is 13.3. The molecule has 0 unspecified atom stereocenters. The van der Waals surface area contributed by atoms with E-state index in [0.29, 0.717) is 17.3 Å². The number of nitrogens with zero attached hydrogens (tertiary/aromatic N) is 4. The molecule has 0 saturated heterocycles. The van der Waals surface area contributed by atoms with Crippen molar-refractivity contribution in [2.45, 2.75) is 56.9 Å². The number of aliphatic imine (C=N–C) groups is 1. The molecule has 2 heterocycles. The van der Waals surface area contributed by atoms with Crippen LogP contribution in [0.25, 0.3) is 0 Å². The fraction of sp³-hybridized carbons (Fsp3) is 0.417. The molecule has 0 radical (unpaired) electrons. The summed E-state index contributed by atoms with van der Waals surface area (Å²) in [6.07, 6.45) is 13.3. The first-order chi connectivity index (χ1) is 16.5. The van der Waals surface area contributed by atoms with E-state index in [-0.39, 0.29) is 23.1 Å². The molecule has 178 valence electrons. The highest BCUT2D eigenvalue weighted by atomic mass is 16.2. The van der Waals surface area contributed by atoms with Crippen molar-refractivity contribution in [3.8, 4) is 0 Å². The molecule has 2 aliphatic rings. The Hall–Kier alpha value is -3.82. The fourth-order valence-electron chi connectivity index (χ4n) is 3.99. The van der Waals surface area contributed by atoms with Gasteiger partial charge in [-0.2, -0.15) is 0 Å². The largest absolute Gasteiger partial charge is 0.393 e. The highest BCUT2D eigenvalue weighted by Crippen LogP contribution is 2.39. The molecule has 0 bridgehead atoms. The molecule has 2 aromatic rings. The second kappa shape index (κ2) is 10.9. The molecule has 4 rings (SSSR count). The highest BCUT2D eigenvalue weighted by molar-refractivity contribution is 6.05.